The highest BCUT2D eigenvalue weighted by atomic mass is 127. The molecule has 3 nitrogen and oxygen atoms in total. The minimum absolute atomic E-state index is 0.156. The Morgan fingerprint density at radius 2 is 1.78 bits per heavy atom. The molecule has 0 amide bonds. The van der Waals surface area contributed by atoms with E-state index in [0.717, 1.165) is 23.7 Å². The van der Waals surface area contributed by atoms with Crippen LogP contribution in [0.3, 0.4) is 0 Å². The van der Waals surface area contributed by atoms with E-state index in [0.29, 0.717) is 10.8 Å². The van der Waals surface area contributed by atoms with Crippen LogP contribution in [0, 0.1) is 5.41 Å². The van der Waals surface area contributed by atoms with Crippen LogP contribution in [0.15, 0.2) is 0 Å². The number of ketones is 1. The largest absolute Gasteiger partial charge is 0.461 e. The first-order valence-electron chi connectivity index (χ1n) is 6.16. The molecule has 18 heavy (non-hydrogen) atoms. The molecule has 0 bridgehead atoms. The summed E-state index contributed by atoms with van der Waals surface area (Å²) >= 11 is 4.31. The Bertz CT molecular complexity index is 272. The third-order valence-corrected chi connectivity index (χ3v) is 3.95. The number of esters is 1. The molecule has 0 aliphatic rings. The summed E-state index contributed by atoms with van der Waals surface area (Å²) in [5.74, 6) is -0.0694. The zero-order valence-corrected chi connectivity index (χ0v) is 15.6. The van der Waals surface area contributed by atoms with Crippen molar-refractivity contribution in [3.05, 3.63) is 0 Å². The average molecular weight is 480 g/mol. The zero-order chi connectivity index (χ0) is 14.2. The lowest BCUT2D eigenvalue weighted by Crippen LogP contribution is -2.28. The summed E-state index contributed by atoms with van der Waals surface area (Å²) in [5.41, 5.74) is -0.363. The summed E-state index contributed by atoms with van der Waals surface area (Å²) in [5, 5.41) is 0. The normalized spacial score (nSPS) is 13.2. The van der Waals surface area contributed by atoms with Gasteiger partial charge in [-0.25, -0.2) is 0 Å². The molecule has 0 heterocycles. The highest BCUT2D eigenvalue weighted by Gasteiger charge is 2.26. The maximum Gasteiger partial charge on any atom is 0.316 e. The molecular weight excluding hydrogens is 458 g/mol. The van der Waals surface area contributed by atoms with Crippen molar-refractivity contribution in [2.45, 2.75) is 52.6 Å². The molecule has 5 heteroatoms. The number of carbonyl (C=O) groups excluding carboxylic acids is 2. The standard InChI is InChI=1S/C13H22I2O3/c1-13(2,3)11(16)8-10(6-4-5-7-14)18-12(17)9-15/h10H,4-9H2,1-3H3. The van der Waals surface area contributed by atoms with Crippen molar-refractivity contribution in [1.82, 2.24) is 0 Å². The molecule has 0 fully saturated rings. The predicted molar refractivity (Wildman–Crippen MR) is 90.6 cm³/mol. The van der Waals surface area contributed by atoms with E-state index in [1.54, 1.807) is 0 Å². The summed E-state index contributed by atoms with van der Waals surface area (Å²) in [6, 6.07) is 0. The second-order valence-corrected chi connectivity index (χ2v) is 7.15. The van der Waals surface area contributed by atoms with Crippen LogP contribution in [0.5, 0.6) is 0 Å². The lowest BCUT2D eigenvalue weighted by molar-refractivity contribution is -0.148. The van der Waals surface area contributed by atoms with Crippen molar-refractivity contribution in [1.29, 1.82) is 0 Å². The fourth-order valence-electron chi connectivity index (χ4n) is 1.40. The number of hydrogen-bond acceptors (Lipinski definition) is 3. The van der Waals surface area contributed by atoms with Crippen molar-refractivity contribution in [3.63, 3.8) is 0 Å². The van der Waals surface area contributed by atoms with Gasteiger partial charge in [-0.2, -0.15) is 0 Å². The molecule has 106 valence electrons. The van der Waals surface area contributed by atoms with E-state index in [4.69, 9.17) is 4.74 Å². The number of carbonyl (C=O) groups is 2. The van der Waals surface area contributed by atoms with Gasteiger partial charge in [-0.05, 0) is 23.7 Å². The molecule has 0 rings (SSSR count). The molecule has 0 saturated carbocycles. The zero-order valence-electron chi connectivity index (χ0n) is 11.3. The van der Waals surface area contributed by atoms with Gasteiger partial charge >= 0.3 is 5.97 Å². The van der Waals surface area contributed by atoms with Crippen molar-refractivity contribution >= 4 is 56.9 Å². The minimum atomic E-state index is -0.363. The fraction of sp³-hybridized carbons (Fsp3) is 0.846. The highest BCUT2D eigenvalue weighted by Crippen LogP contribution is 2.21. The SMILES string of the molecule is CC(C)(C)C(=O)CC(CCCCI)OC(=O)CI. The van der Waals surface area contributed by atoms with Gasteiger partial charge in [-0.15, -0.1) is 0 Å². The first kappa shape index (κ1) is 18.6. The summed E-state index contributed by atoms with van der Waals surface area (Å²) in [6.07, 6.45) is 2.98. The number of ether oxygens (including phenoxy) is 1. The molecule has 0 saturated heterocycles. The molecular formula is C13H22I2O3. The van der Waals surface area contributed by atoms with E-state index in [9.17, 15) is 9.59 Å². The number of hydrogen-bond donors (Lipinski definition) is 0. The quantitative estimate of drug-likeness (QED) is 0.229. The van der Waals surface area contributed by atoms with Gasteiger partial charge < -0.3 is 4.74 Å². The van der Waals surface area contributed by atoms with Crippen LogP contribution in [0.1, 0.15) is 46.5 Å². The summed E-state index contributed by atoms with van der Waals surface area (Å²) in [4.78, 5) is 23.3. The Hall–Kier alpha value is 0.600. The van der Waals surface area contributed by atoms with Gasteiger partial charge in [-0.3, -0.25) is 9.59 Å². The molecule has 0 spiro atoms. The van der Waals surface area contributed by atoms with Gasteiger partial charge in [-0.1, -0.05) is 66.0 Å². The average Bonchev–Trinajstić information content (AvgIpc) is 2.27. The van der Waals surface area contributed by atoms with Gasteiger partial charge in [0.25, 0.3) is 0 Å². The summed E-state index contributed by atoms with van der Waals surface area (Å²) in [6.45, 7) is 5.70. The first-order valence-corrected chi connectivity index (χ1v) is 9.21. The molecule has 0 aliphatic heterocycles. The lowest BCUT2D eigenvalue weighted by atomic mass is 9.87. The van der Waals surface area contributed by atoms with Crippen LogP contribution >= 0.6 is 45.2 Å². The smallest absolute Gasteiger partial charge is 0.316 e. The van der Waals surface area contributed by atoms with E-state index >= 15 is 0 Å². The van der Waals surface area contributed by atoms with E-state index < -0.39 is 0 Å². The minimum Gasteiger partial charge on any atom is -0.461 e. The summed E-state index contributed by atoms with van der Waals surface area (Å²) < 4.78 is 6.78. The molecule has 0 aromatic rings. The molecule has 1 unspecified atom stereocenters. The fourth-order valence-corrected chi connectivity index (χ4v) is 2.12. The van der Waals surface area contributed by atoms with Crippen molar-refractivity contribution in [3.8, 4) is 0 Å². The highest BCUT2D eigenvalue weighted by molar-refractivity contribution is 14.1. The van der Waals surface area contributed by atoms with Gasteiger partial charge in [0.1, 0.15) is 11.9 Å². The van der Waals surface area contributed by atoms with E-state index in [2.05, 4.69) is 22.6 Å². The molecule has 0 radical (unpaired) electrons. The molecule has 0 N–H and O–H groups in total. The number of Topliss-reactive ketones (excluding diaryl/α,β-unsaturated/α-hetero) is 1. The maximum absolute atomic E-state index is 12.0. The van der Waals surface area contributed by atoms with Gasteiger partial charge in [0.05, 0.1) is 4.43 Å². The second-order valence-electron chi connectivity index (χ2n) is 5.31. The number of alkyl halides is 2. The predicted octanol–water partition coefficient (Wildman–Crippen LogP) is 3.94. The molecule has 0 aromatic carbocycles. The second kappa shape index (κ2) is 9.50. The van der Waals surface area contributed by atoms with E-state index in [-0.39, 0.29) is 23.3 Å². The van der Waals surface area contributed by atoms with Crippen LogP contribution in [-0.2, 0) is 14.3 Å². The summed E-state index contributed by atoms with van der Waals surface area (Å²) in [7, 11) is 0. The molecule has 0 aliphatic carbocycles. The van der Waals surface area contributed by atoms with E-state index in [1.165, 1.54) is 0 Å². The van der Waals surface area contributed by atoms with Crippen molar-refractivity contribution < 1.29 is 14.3 Å². The van der Waals surface area contributed by atoms with Crippen molar-refractivity contribution in [2.24, 2.45) is 5.41 Å². The number of halogens is 2. The topological polar surface area (TPSA) is 43.4 Å². The molecule has 0 aromatic heterocycles. The van der Waals surface area contributed by atoms with Crippen LogP contribution in [-0.4, -0.2) is 26.7 Å². The van der Waals surface area contributed by atoms with Crippen molar-refractivity contribution in [2.75, 3.05) is 8.86 Å². The van der Waals surface area contributed by atoms with Gasteiger partial charge in [0, 0.05) is 11.8 Å². The van der Waals surface area contributed by atoms with Crippen LogP contribution in [0.4, 0.5) is 0 Å². The lowest BCUT2D eigenvalue weighted by Gasteiger charge is -2.22. The van der Waals surface area contributed by atoms with E-state index in [1.807, 2.05) is 43.4 Å². The monoisotopic (exact) mass is 480 g/mol. The molecule has 1 atom stereocenters. The Kier molecular flexibility index (Phi) is 9.81. The Balaban J connectivity index is 4.36. The third kappa shape index (κ3) is 8.66. The third-order valence-electron chi connectivity index (χ3n) is 2.57. The van der Waals surface area contributed by atoms with Crippen LogP contribution < -0.4 is 0 Å². The Morgan fingerprint density at radius 1 is 1.17 bits per heavy atom. The van der Waals surface area contributed by atoms with Gasteiger partial charge in [0.15, 0.2) is 0 Å². The first-order chi connectivity index (χ1) is 8.31. The number of unbranched alkanes of at least 4 members (excludes halogenated alkanes) is 1. The van der Waals surface area contributed by atoms with Crippen LogP contribution in [0.25, 0.3) is 0 Å². The van der Waals surface area contributed by atoms with Crippen LogP contribution in [0.2, 0.25) is 0 Å². The van der Waals surface area contributed by atoms with Gasteiger partial charge in [0.2, 0.25) is 0 Å². The Labute approximate surface area is 137 Å². The Morgan fingerprint density at radius 3 is 2.22 bits per heavy atom. The number of rotatable bonds is 8. The maximum atomic E-state index is 12.0.